The van der Waals surface area contributed by atoms with Crippen LogP contribution >= 0.6 is 0 Å². The fourth-order valence-electron chi connectivity index (χ4n) is 4.09. The van der Waals surface area contributed by atoms with Gasteiger partial charge in [0.1, 0.15) is 6.33 Å². The summed E-state index contributed by atoms with van der Waals surface area (Å²) in [5.74, 6) is -4.06. The zero-order valence-corrected chi connectivity index (χ0v) is 20.9. The average molecular weight is 493 g/mol. The second-order valence-corrected chi connectivity index (χ2v) is 9.60. The van der Waals surface area contributed by atoms with E-state index in [0.717, 1.165) is 37.6 Å². The molecular weight excluding hydrogens is 457 g/mol. The van der Waals surface area contributed by atoms with E-state index in [-0.39, 0.29) is 23.7 Å². The van der Waals surface area contributed by atoms with Crippen LogP contribution in [0, 0.1) is 11.7 Å². The van der Waals surface area contributed by atoms with E-state index in [2.05, 4.69) is 27.4 Å². The molecule has 0 radical (unpaired) electrons. The predicted molar refractivity (Wildman–Crippen MR) is 129 cm³/mol. The van der Waals surface area contributed by atoms with Gasteiger partial charge in [-0.05, 0) is 56.6 Å². The number of aromatic nitrogens is 2. The summed E-state index contributed by atoms with van der Waals surface area (Å²) >= 11 is 0. The molecule has 35 heavy (non-hydrogen) atoms. The number of hydrogen-bond acceptors (Lipinski definition) is 5. The first kappa shape index (κ1) is 26.8. The van der Waals surface area contributed by atoms with Gasteiger partial charge in [-0.1, -0.05) is 31.2 Å². The van der Waals surface area contributed by atoms with Gasteiger partial charge in [0.25, 0.3) is 11.8 Å². The van der Waals surface area contributed by atoms with Crippen molar-refractivity contribution in [2.75, 3.05) is 24.6 Å². The second-order valence-electron chi connectivity index (χ2n) is 9.60. The van der Waals surface area contributed by atoms with Gasteiger partial charge in [-0.25, -0.2) is 13.8 Å². The van der Waals surface area contributed by atoms with Gasteiger partial charge in [0, 0.05) is 26.1 Å². The SMILES string of the molecule is CC[C@@H](C)NC(=O)C(C)c1ccc(CC[C@@H]2CCN(c3ncnc(OCC(C)(F)F)c3F)C2)cc1. The number of hydrogen-bond donors (Lipinski definition) is 1. The molecule has 3 rings (SSSR count). The first-order chi connectivity index (χ1) is 16.6. The van der Waals surface area contributed by atoms with Crippen molar-refractivity contribution in [2.24, 2.45) is 5.92 Å². The number of benzene rings is 1. The Morgan fingerprint density at radius 3 is 2.63 bits per heavy atom. The van der Waals surface area contributed by atoms with E-state index in [4.69, 9.17) is 4.74 Å². The van der Waals surface area contributed by atoms with Crippen molar-refractivity contribution in [3.05, 3.63) is 47.5 Å². The quantitative estimate of drug-likeness (QED) is 0.471. The van der Waals surface area contributed by atoms with E-state index in [0.29, 0.717) is 25.9 Å². The molecule has 0 spiro atoms. The molecule has 1 N–H and O–H groups in total. The Bertz CT molecular complexity index is 982. The van der Waals surface area contributed by atoms with E-state index in [9.17, 15) is 18.0 Å². The molecule has 1 aliphatic rings. The number of alkyl halides is 2. The molecular formula is C26H35F3N4O2. The fourth-order valence-corrected chi connectivity index (χ4v) is 4.09. The second kappa shape index (κ2) is 11.7. The van der Waals surface area contributed by atoms with Gasteiger partial charge in [0.05, 0.1) is 5.92 Å². The van der Waals surface area contributed by atoms with Crippen LogP contribution in [0.2, 0.25) is 0 Å². The lowest BCUT2D eigenvalue weighted by molar-refractivity contribution is -0.122. The molecule has 1 fully saturated rings. The molecule has 9 heteroatoms. The van der Waals surface area contributed by atoms with Crippen LogP contribution in [-0.2, 0) is 11.2 Å². The molecule has 1 aromatic heterocycles. The van der Waals surface area contributed by atoms with E-state index < -0.39 is 24.2 Å². The van der Waals surface area contributed by atoms with E-state index in [1.54, 1.807) is 0 Å². The number of amides is 1. The minimum absolute atomic E-state index is 0.0343. The van der Waals surface area contributed by atoms with E-state index >= 15 is 0 Å². The Morgan fingerprint density at radius 2 is 1.97 bits per heavy atom. The number of carbonyl (C=O) groups excluding carboxylic acids is 1. The lowest BCUT2D eigenvalue weighted by Gasteiger charge is -2.19. The van der Waals surface area contributed by atoms with Crippen LogP contribution < -0.4 is 15.0 Å². The van der Waals surface area contributed by atoms with Crippen LogP contribution in [0.1, 0.15) is 64.0 Å². The van der Waals surface area contributed by atoms with Gasteiger partial charge in [-0.3, -0.25) is 4.79 Å². The standard InChI is InChI=1S/C26H35F3N4O2/c1-5-17(2)32-24(34)18(3)21-10-8-19(9-11-21)6-7-20-12-13-33(14-20)23-22(27)25(31-16-30-23)35-15-26(4,28)29/h8-11,16-18,20H,5-7,12-15H2,1-4H3,(H,32,34)/t17-,18?,20-/m1/s1. The highest BCUT2D eigenvalue weighted by Crippen LogP contribution is 2.30. The summed E-state index contributed by atoms with van der Waals surface area (Å²) in [4.78, 5) is 21.9. The maximum atomic E-state index is 14.8. The molecule has 1 saturated heterocycles. The third-order valence-electron chi connectivity index (χ3n) is 6.50. The van der Waals surface area contributed by atoms with Crippen LogP contribution in [-0.4, -0.2) is 47.5 Å². The monoisotopic (exact) mass is 492 g/mol. The molecule has 3 atom stereocenters. The molecule has 6 nitrogen and oxygen atoms in total. The zero-order valence-electron chi connectivity index (χ0n) is 20.9. The highest BCUT2D eigenvalue weighted by molar-refractivity contribution is 5.83. The van der Waals surface area contributed by atoms with E-state index in [1.807, 2.05) is 37.8 Å². The minimum Gasteiger partial charge on any atom is -0.469 e. The molecule has 192 valence electrons. The molecule has 0 saturated carbocycles. The lowest BCUT2D eigenvalue weighted by Crippen LogP contribution is -2.35. The van der Waals surface area contributed by atoms with Gasteiger partial charge in [-0.2, -0.15) is 9.37 Å². The topological polar surface area (TPSA) is 67.4 Å². The summed E-state index contributed by atoms with van der Waals surface area (Å²) in [5.41, 5.74) is 2.17. The van der Waals surface area contributed by atoms with Crippen LogP contribution in [0.5, 0.6) is 5.88 Å². The molecule has 1 unspecified atom stereocenters. The number of rotatable bonds is 11. The first-order valence-electron chi connectivity index (χ1n) is 12.2. The first-order valence-corrected chi connectivity index (χ1v) is 12.2. The molecule has 2 aromatic rings. The molecule has 0 bridgehead atoms. The van der Waals surface area contributed by atoms with Crippen molar-refractivity contribution in [2.45, 2.75) is 71.3 Å². The summed E-state index contributed by atoms with van der Waals surface area (Å²) in [6.45, 7) is 6.97. The Hall–Kier alpha value is -2.84. The molecule has 0 aliphatic carbocycles. The predicted octanol–water partition coefficient (Wildman–Crippen LogP) is 5.13. The van der Waals surface area contributed by atoms with Crippen LogP contribution in [0.3, 0.4) is 0 Å². The summed E-state index contributed by atoms with van der Waals surface area (Å²) in [5, 5.41) is 3.02. The Kier molecular flexibility index (Phi) is 8.97. The largest absolute Gasteiger partial charge is 0.469 e. The average Bonchev–Trinajstić information content (AvgIpc) is 3.30. The number of aryl methyl sites for hydroxylation is 1. The highest BCUT2D eigenvalue weighted by Gasteiger charge is 2.29. The van der Waals surface area contributed by atoms with Crippen molar-refractivity contribution >= 4 is 11.7 Å². The van der Waals surface area contributed by atoms with Gasteiger partial charge in [-0.15, -0.1) is 0 Å². The molecule has 1 amide bonds. The number of anilines is 1. The third kappa shape index (κ3) is 7.57. The van der Waals surface area contributed by atoms with Gasteiger partial charge < -0.3 is 15.0 Å². The number of halogens is 3. The number of nitrogens with one attached hydrogen (secondary N) is 1. The maximum absolute atomic E-state index is 14.8. The smallest absolute Gasteiger partial charge is 0.278 e. The lowest BCUT2D eigenvalue weighted by atomic mass is 9.95. The Morgan fingerprint density at radius 1 is 1.26 bits per heavy atom. The molecule has 1 aliphatic heterocycles. The van der Waals surface area contributed by atoms with Crippen LogP contribution in [0.15, 0.2) is 30.6 Å². The van der Waals surface area contributed by atoms with Crippen LogP contribution in [0.25, 0.3) is 0 Å². The van der Waals surface area contributed by atoms with Crippen LogP contribution in [0.4, 0.5) is 19.0 Å². The number of nitrogens with zero attached hydrogens (tertiary/aromatic N) is 3. The summed E-state index contributed by atoms with van der Waals surface area (Å²) in [7, 11) is 0. The number of ether oxygens (including phenoxy) is 1. The van der Waals surface area contributed by atoms with Gasteiger partial charge in [0.15, 0.2) is 12.4 Å². The Labute approximate surface area is 205 Å². The maximum Gasteiger partial charge on any atom is 0.278 e. The van der Waals surface area contributed by atoms with Crippen molar-refractivity contribution < 1.29 is 22.7 Å². The summed E-state index contributed by atoms with van der Waals surface area (Å²) in [6.07, 6.45) is 4.72. The third-order valence-corrected chi connectivity index (χ3v) is 6.50. The number of carbonyl (C=O) groups is 1. The van der Waals surface area contributed by atoms with Crippen molar-refractivity contribution in [3.8, 4) is 5.88 Å². The minimum atomic E-state index is -3.08. The summed E-state index contributed by atoms with van der Waals surface area (Å²) in [6, 6.07) is 8.30. The van der Waals surface area contributed by atoms with Crippen molar-refractivity contribution in [1.82, 2.24) is 15.3 Å². The molecule has 1 aromatic carbocycles. The molecule has 2 heterocycles. The van der Waals surface area contributed by atoms with E-state index in [1.165, 1.54) is 5.56 Å². The highest BCUT2D eigenvalue weighted by atomic mass is 19.3. The Balaban J connectivity index is 1.52. The normalized spacial score (nSPS) is 17.8. The van der Waals surface area contributed by atoms with Gasteiger partial charge >= 0.3 is 0 Å². The van der Waals surface area contributed by atoms with Crippen molar-refractivity contribution in [1.29, 1.82) is 0 Å². The van der Waals surface area contributed by atoms with Crippen molar-refractivity contribution in [3.63, 3.8) is 0 Å². The van der Waals surface area contributed by atoms with Gasteiger partial charge in [0.2, 0.25) is 11.7 Å². The fraction of sp³-hybridized carbons (Fsp3) is 0.577. The summed E-state index contributed by atoms with van der Waals surface area (Å²) < 4.78 is 45.7. The zero-order chi connectivity index (χ0) is 25.6.